The molecule has 156 valence electrons. The maximum atomic E-state index is 13.7. The predicted molar refractivity (Wildman–Crippen MR) is 117 cm³/mol. The van der Waals surface area contributed by atoms with E-state index >= 15 is 0 Å². The minimum Gasteiger partial charge on any atom is -0.287 e. The Balaban J connectivity index is 1.56. The minimum atomic E-state index is -2.68. The fourth-order valence-corrected chi connectivity index (χ4v) is 6.45. The van der Waals surface area contributed by atoms with Gasteiger partial charge in [-0.15, -0.1) is 11.3 Å². The number of fused-ring (bicyclic) bond motifs is 4. The van der Waals surface area contributed by atoms with Crippen molar-refractivity contribution in [1.82, 2.24) is 19.1 Å². The van der Waals surface area contributed by atoms with Crippen LogP contribution in [-0.2, 0) is 25.1 Å². The number of imidazole rings is 1. The average Bonchev–Trinajstić information content (AvgIpc) is 3.30. The quantitative estimate of drug-likeness (QED) is 0.305. The first-order chi connectivity index (χ1) is 14.6. The third-order valence-corrected chi connectivity index (χ3v) is 7.71. The van der Waals surface area contributed by atoms with Crippen molar-refractivity contribution in [3.05, 3.63) is 50.9 Å². The van der Waals surface area contributed by atoms with Crippen molar-refractivity contribution in [3.8, 4) is 0 Å². The Bertz CT molecular complexity index is 1310. The molecule has 0 bridgehead atoms. The first-order valence-corrected chi connectivity index (χ1v) is 11.8. The van der Waals surface area contributed by atoms with Crippen LogP contribution >= 0.6 is 23.1 Å². The SMILES string of the molecule is CCn1c(SCc2nc3ccccc3n2C(F)F)nc2sc3c(c2c1=O)CCCC3. The summed E-state index contributed by atoms with van der Waals surface area (Å²) >= 11 is 2.89. The lowest BCUT2D eigenvalue weighted by atomic mass is 9.97. The fraction of sp³-hybridized carbons (Fsp3) is 0.381. The maximum Gasteiger partial charge on any atom is 0.320 e. The summed E-state index contributed by atoms with van der Waals surface area (Å²) in [4.78, 5) is 24.4. The van der Waals surface area contributed by atoms with Gasteiger partial charge in [-0.3, -0.25) is 13.9 Å². The second-order valence-corrected chi connectivity index (χ2v) is 9.31. The molecule has 1 aliphatic carbocycles. The smallest absolute Gasteiger partial charge is 0.287 e. The predicted octanol–water partition coefficient (Wildman–Crippen LogP) is 5.39. The summed E-state index contributed by atoms with van der Waals surface area (Å²) in [7, 11) is 0. The molecule has 3 heterocycles. The molecular formula is C21H20F2N4OS2. The standard InChI is InChI=1S/C21H20F2N4OS2/c1-2-26-19(28)17-12-7-3-6-10-15(12)30-18(17)25-21(26)29-11-16-24-13-8-4-5-9-14(13)27(16)20(22)23/h4-5,8-9,20H,2-3,6-7,10-11H2,1H3. The van der Waals surface area contributed by atoms with Crippen LogP contribution in [0.25, 0.3) is 21.3 Å². The van der Waals surface area contributed by atoms with Crippen molar-refractivity contribution < 1.29 is 8.78 Å². The van der Waals surface area contributed by atoms with Crippen LogP contribution in [0.1, 0.15) is 42.6 Å². The molecule has 0 N–H and O–H groups in total. The van der Waals surface area contributed by atoms with Crippen LogP contribution in [-0.4, -0.2) is 19.1 Å². The Morgan fingerprint density at radius 3 is 2.80 bits per heavy atom. The third kappa shape index (κ3) is 3.15. The van der Waals surface area contributed by atoms with Gasteiger partial charge in [-0.1, -0.05) is 23.9 Å². The number of aromatic nitrogens is 4. The molecule has 0 saturated heterocycles. The Morgan fingerprint density at radius 2 is 2.00 bits per heavy atom. The van der Waals surface area contributed by atoms with E-state index in [1.807, 2.05) is 6.92 Å². The molecule has 1 aromatic carbocycles. The lowest BCUT2D eigenvalue weighted by molar-refractivity contribution is 0.0722. The maximum absolute atomic E-state index is 13.7. The largest absolute Gasteiger partial charge is 0.320 e. The van der Waals surface area contributed by atoms with Crippen LogP contribution in [0.5, 0.6) is 0 Å². The Labute approximate surface area is 179 Å². The summed E-state index contributed by atoms with van der Waals surface area (Å²) in [5, 5.41) is 1.31. The van der Waals surface area contributed by atoms with E-state index in [1.54, 1.807) is 40.2 Å². The number of thioether (sulfide) groups is 1. The number of hydrogen-bond acceptors (Lipinski definition) is 5. The van der Waals surface area contributed by atoms with E-state index in [1.165, 1.54) is 16.6 Å². The van der Waals surface area contributed by atoms with E-state index in [0.29, 0.717) is 22.7 Å². The lowest BCUT2D eigenvalue weighted by Gasteiger charge is -2.12. The van der Waals surface area contributed by atoms with Crippen LogP contribution in [0.4, 0.5) is 8.78 Å². The number of benzene rings is 1. The highest BCUT2D eigenvalue weighted by molar-refractivity contribution is 7.98. The van der Waals surface area contributed by atoms with Gasteiger partial charge in [-0.05, 0) is 50.3 Å². The normalized spacial score (nSPS) is 14.1. The van der Waals surface area contributed by atoms with Crippen molar-refractivity contribution in [3.63, 3.8) is 0 Å². The zero-order chi connectivity index (χ0) is 20.8. The second-order valence-electron chi connectivity index (χ2n) is 7.29. The summed E-state index contributed by atoms with van der Waals surface area (Å²) in [6, 6.07) is 6.88. The molecule has 9 heteroatoms. The van der Waals surface area contributed by atoms with Crippen molar-refractivity contribution >= 4 is 44.3 Å². The topological polar surface area (TPSA) is 52.7 Å². The van der Waals surface area contributed by atoms with Crippen molar-refractivity contribution in [2.75, 3.05) is 0 Å². The molecule has 30 heavy (non-hydrogen) atoms. The van der Waals surface area contributed by atoms with E-state index in [2.05, 4.69) is 4.98 Å². The molecule has 0 fully saturated rings. The van der Waals surface area contributed by atoms with E-state index < -0.39 is 6.55 Å². The second kappa shape index (κ2) is 7.77. The van der Waals surface area contributed by atoms with Crippen LogP contribution < -0.4 is 5.56 Å². The molecule has 5 rings (SSSR count). The molecule has 0 atom stereocenters. The van der Waals surface area contributed by atoms with Gasteiger partial charge in [0.25, 0.3) is 5.56 Å². The summed E-state index contributed by atoms with van der Waals surface area (Å²) < 4.78 is 30.0. The zero-order valence-electron chi connectivity index (χ0n) is 16.4. The van der Waals surface area contributed by atoms with Crippen molar-refractivity contribution in [2.45, 2.75) is 56.6 Å². The van der Waals surface area contributed by atoms with Crippen molar-refractivity contribution in [2.24, 2.45) is 0 Å². The summed E-state index contributed by atoms with van der Waals surface area (Å²) in [5.74, 6) is 0.487. The lowest BCUT2D eigenvalue weighted by Crippen LogP contribution is -2.23. The summed E-state index contributed by atoms with van der Waals surface area (Å²) in [6.07, 6.45) is 4.18. The molecule has 0 radical (unpaired) electrons. The van der Waals surface area contributed by atoms with Crippen molar-refractivity contribution in [1.29, 1.82) is 0 Å². The van der Waals surface area contributed by atoms with E-state index in [4.69, 9.17) is 4.98 Å². The summed E-state index contributed by atoms with van der Waals surface area (Å²) in [5.41, 5.74) is 2.09. The zero-order valence-corrected chi connectivity index (χ0v) is 18.0. The van der Waals surface area contributed by atoms with Gasteiger partial charge in [0, 0.05) is 11.4 Å². The van der Waals surface area contributed by atoms with Gasteiger partial charge in [0.15, 0.2) is 5.16 Å². The minimum absolute atomic E-state index is 0.0215. The van der Waals surface area contributed by atoms with E-state index in [-0.39, 0.29) is 17.1 Å². The molecule has 1 aliphatic rings. The highest BCUT2D eigenvalue weighted by Crippen LogP contribution is 2.35. The molecule has 3 aromatic heterocycles. The van der Waals surface area contributed by atoms with Gasteiger partial charge in [0.2, 0.25) is 0 Å². The number of aryl methyl sites for hydroxylation is 2. The highest BCUT2D eigenvalue weighted by atomic mass is 32.2. The molecule has 0 amide bonds. The number of rotatable bonds is 5. The van der Waals surface area contributed by atoms with Crippen LogP contribution in [0.2, 0.25) is 0 Å². The number of alkyl halides is 2. The first kappa shape index (κ1) is 19.7. The van der Waals surface area contributed by atoms with Crippen LogP contribution in [0.15, 0.2) is 34.2 Å². The first-order valence-electron chi connectivity index (χ1n) is 10.0. The third-order valence-electron chi connectivity index (χ3n) is 5.55. The van der Waals surface area contributed by atoms with Gasteiger partial charge in [-0.2, -0.15) is 8.78 Å². The number of hydrogen-bond donors (Lipinski definition) is 0. The van der Waals surface area contributed by atoms with Gasteiger partial charge in [0.05, 0.1) is 22.2 Å². The van der Waals surface area contributed by atoms with Gasteiger partial charge < -0.3 is 0 Å². The fourth-order valence-electron chi connectivity index (χ4n) is 4.15. The van der Waals surface area contributed by atoms with E-state index in [0.717, 1.165) is 46.0 Å². The molecule has 0 aliphatic heterocycles. The Kier molecular flexibility index (Phi) is 5.10. The molecular weight excluding hydrogens is 426 g/mol. The average molecular weight is 447 g/mol. The number of thiophene rings is 1. The van der Waals surface area contributed by atoms with E-state index in [9.17, 15) is 13.6 Å². The molecule has 5 nitrogen and oxygen atoms in total. The van der Waals surface area contributed by atoms with Gasteiger partial charge in [0.1, 0.15) is 10.7 Å². The molecule has 0 unspecified atom stereocenters. The summed E-state index contributed by atoms with van der Waals surface area (Å²) in [6.45, 7) is -0.285. The number of halogens is 2. The molecule has 0 saturated carbocycles. The van der Waals surface area contributed by atoms with Crippen LogP contribution in [0.3, 0.4) is 0 Å². The van der Waals surface area contributed by atoms with Crippen LogP contribution in [0, 0.1) is 0 Å². The Hall–Kier alpha value is -2.26. The molecule has 0 spiro atoms. The Morgan fingerprint density at radius 1 is 1.20 bits per heavy atom. The van der Waals surface area contributed by atoms with Gasteiger partial charge in [-0.25, -0.2) is 9.97 Å². The number of para-hydroxylation sites is 2. The highest BCUT2D eigenvalue weighted by Gasteiger charge is 2.23. The monoisotopic (exact) mass is 446 g/mol. The van der Waals surface area contributed by atoms with Gasteiger partial charge >= 0.3 is 6.55 Å². The molecule has 4 aromatic rings. The number of nitrogens with zero attached hydrogens (tertiary/aromatic N) is 4.